The molecule has 0 aliphatic rings. The van der Waals surface area contributed by atoms with Crippen molar-refractivity contribution in [3.63, 3.8) is 0 Å². The topological polar surface area (TPSA) is 72.8 Å². The number of hydrogen-bond acceptors (Lipinski definition) is 5. The molecule has 0 saturated carbocycles. The minimum atomic E-state index is -0.502. The van der Waals surface area contributed by atoms with Crippen molar-refractivity contribution in [3.05, 3.63) is 23.8 Å². The number of esters is 2. The number of phenolic OH excluding ortho intramolecular Hbond substituents is 1. The van der Waals surface area contributed by atoms with Crippen LogP contribution in [0.1, 0.15) is 19.4 Å². The summed E-state index contributed by atoms with van der Waals surface area (Å²) in [5.41, 5.74) is 0.806. The van der Waals surface area contributed by atoms with E-state index >= 15 is 0 Å². The van der Waals surface area contributed by atoms with E-state index < -0.39 is 5.97 Å². The highest BCUT2D eigenvalue weighted by Crippen LogP contribution is 2.27. The molecule has 1 aromatic rings. The Labute approximate surface area is 99.0 Å². The zero-order chi connectivity index (χ0) is 12.8. The van der Waals surface area contributed by atoms with Gasteiger partial charge < -0.3 is 14.6 Å². The van der Waals surface area contributed by atoms with Crippen molar-refractivity contribution in [2.45, 2.75) is 20.3 Å². The molecule has 0 radical (unpaired) electrons. The summed E-state index contributed by atoms with van der Waals surface area (Å²) in [5, 5.41) is 9.43. The third-order valence-electron chi connectivity index (χ3n) is 1.97. The van der Waals surface area contributed by atoms with Crippen LogP contribution >= 0.6 is 0 Å². The smallest absolute Gasteiger partial charge is 0.308 e. The van der Waals surface area contributed by atoms with Crippen molar-refractivity contribution in [3.8, 4) is 11.5 Å². The number of carbonyl (C=O) groups is 2. The van der Waals surface area contributed by atoms with Crippen LogP contribution in [0.5, 0.6) is 11.5 Å². The third kappa shape index (κ3) is 4.55. The second-order valence-electron chi connectivity index (χ2n) is 3.49. The lowest BCUT2D eigenvalue weighted by Gasteiger charge is -2.07. The van der Waals surface area contributed by atoms with Gasteiger partial charge in [0.2, 0.25) is 0 Å². The molecule has 0 saturated heterocycles. The Bertz CT molecular complexity index is 425. The number of ether oxygens (including phenoxy) is 2. The SMILES string of the molecule is CC(=O)OCCc1ccc(O)c(OC(C)=O)c1. The van der Waals surface area contributed by atoms with E-state index in [0.717, 1.165) is 5.56 Å². The van der Waals surface area contributed by atoms with Crippen LogP contribution < -0.4 is 4.74 Å². The van der Waals surface area contributed by atoms with Crippen LogP contribution in [0, 0.1) is 0 Å². The van der Waals surface area contributed by atoms with Gasteiger partial charge in [-0.25, -0.2) is 0 Å². The van der Waals surface area contributed by atoms with Gasteiger partial charge in [0.25, 0.3) is 0 Å². The van der Waals surface area contributed by atoms with Crippen molar-refractivity contribution in [1.29, 1.82) is 0 Å². The quantitative estimate of drug-likeness (QED) is 0.634. The van der Waals surface area contributed by atoms with E-state index in [1.54, 1.807) is 12.1 Å². The molecule has 1 rings (SSSR count). The van der Waals surface area contributed by atoms with Gasteiger partial charge in [0.05, 0.1) is 6.61 Å². The monoisotopic (exact) mass is 238 g/mol. The molecule has 0 aliphatic heterocycles. The molecule has 0 bridgehead atoms. The lowest BCUT2D eigenvalue weighted by molar-refractivity contribution is -0.140. The molecule has 0 aliphatic carbocycles. The first-order valence-corrected chi connectivity index (χ1v) is 5.12. The Balaban J connectivity index is 2.67. The fraction of sp³-hybridized carbons (Fsp3) is 0.333. The Hall–Kier alpha value is -2.04. The summed E-state index contributed by atoms with van der Waals surface area (Å²) in [4.78, 5) is 21.3. The molecule has 0 aromatic heterocycles. The molecule has 0 atom stereocenters. The number of hydrogen-bond donors (Lipinski definition) is 1. The maximum absolute atomic E-state index is 10.8. The second kappa shape index (κ2) is 5.89. The average Bonchev–Trinajstić information content (AvgIpc) is 2.21. The molecule has 0 heterocycles. The highest BCUT2D eigenvalue weighted by molar-refractivity contribution is 5.70. The van der Waals surface area contributed by atoms with Gasteiger partial charge in [-0.3, -0.25) is 9.59 Å². The molecule has 92 valence electrons. The van der Waals surface area contributed by atoms with E-state index in [1.807, 2.05) is 0 Å². The minimum absolute atomic E-state index is 0.101. The number of carbonyl (C=O) groups excluding carboxylic acids is 2. The first-order chi connectivity index (χ1) is 7.99. The second-order valence-corrected chi connectivity index (χ2v) is 3.49. The molecule has 5 heteroatoms. The molecule has 1 aromatic carbocycles. The fourth-order valence-corrected chi connectivity index (χ4v) is 1.26. The third-order valence-corrected chi connectivity index (χ3v) is 1.97. The van der Waals surface area contributed by atoms with Crippen LogP contribution in [-0.4, -0.2) is 23.7 Å². The van der Waals surface area contributed by atoms with Gasteiger partial charge in [-0.05, 0) is 17.7 Å². The summed E-state index contributed by atoms with van der Waals surface area (Å²) in [6.45, 7) is 2.84. The van der Waals surface area contributed by atoms with Crippen LogP contribution in [0.4, 0.5) is 0 Å². The van der Waals surface area contributed by atoms with Gasteiger partial charge in [0.15, 0.2) is 11.5 Å². The normalized spacial score (nSPS) is 9.76. The first-order valence-electron chi connectivity index (χ1n) is 5.12. The maximum Gasteiger partial charge on any atom is 0.308 e. The van der Waals surface area contributed by atoms with Gasteiger partial charge in [0, 0.05) is 20.3 Å². The van der Waals surface area contributed by atoms with Gasteiger partial charge in [-0.1, -0.05) is 6.07 Å². The van der Waals surface area contributed by atoms with Crippen LogP contribution in [0.2, 0.25) is 0 Å². The van der Waals surface area contributed by atoms with E-state index in [0.29, 0.717) is 6.42 Å². The van der Waals surface area contributed by atoms with Gasteiger partial charge in [-0.2, -0.15) is 0 Å². The van der Waals surface area contributed by atoms with Gasteiger partial charge in [-0.15, -0.1) is 0 Å². The largest absolute Gasteiger partial charge is 0.504 e. The highest BCUT2D eigenvalue weighted by Gasteiger charge is 2.06. The molecule has 1 N–H and O–H groups in total. The van der Waals surface area contributed by atoms with E-state index in [-0.39, 0.29) is 24.1 Å². The zero-order valence-corrected chi connectivity index (χ0v) is 9.73. The van der Waals surface area contributed by atoms with Crippen molar-refractivity contribution in [2.24, 2.45) is 0 Å². The molecule has 5 nitrogen and oxygen atoms in total. The Morgan fingerprint density at radius 1 is 1.24 bits per heavy atom. The number of benzene rings is 1. The van der Waals surface area contributed by atoms with Crippen LogP contribution in [0.3, 0.4) is 0 Å². The van der Waals surface area contributed by atoms with Crippen LogP contribution in [0.25, 0.3) is 0 Å². The van der Waals surface area contributed by atoms with E-state index in [9.17, 15) is 14.7 Å². The Morgan fingerprint density at radius 3 is 2.53 bits per heavy atom. The molecular weight excluding hydrogens is 224 g/mol. The maximum atomic E-state index is 10.8. The molecule has 0 unspecified atom stereocenters. The van der Waals surface area contributed by atoms with Crippen molar-refractivity contribution >= 4 is 11.9 Å². The molecule has 0 amide bonds. The molecule has 0 spiro atoms. The summed E-state index contributed by atoms with van der Waals surface area (Å²) >= 11 is 0. The summed E-state index contributed by atoms with van der Waals surface area (Å²) in [7, 11) is 0. The zero-order valence-electron chi connectivity index (χ0n) is 9.73. The number of phenols is 1. The minimum Gasteiger partial charge on any atom is -0.504 e. The number of rotatable bonds is 4. The molecule has 17 heavy (non-hydrogen) atoms. The summed E-state index contributed by atoms with van der Waals surface area (Å²) in [6, 6.07) is 4.65. The van der Waals surface area contributed by atoms with Crippen molar-refractivity contribution in [1.82, 2.24) is 0 Å². The molecule has 0 fully saturated rings. The highest BCUT2D eigenvalue weighted by atomic mass is 16.5. The van der Waals surface area contributed by atoms with Crippen molar-refractivity contribution in [2.75, 3.05) is 6.61 Å². The van der Waals surface area contributed by atoms with Crippen molar-refractivity contribution < 1.29 is 24.2 Å². The summed E-state index contributed by atoms with van der Waals surface area (Å²) in [6.07, 6.45) is 0.494. The standard InChI is InChI=1S/C12H14O5/c1-8(13)16-6-5-10-3-4-11(15)12(7-10)17-9(2)14/h3-4,7,15H,5-6H2,1-2H3. The average molecular weight is 238 g/mol. The van der Waals surface area contributed by atoms with E-state index in [2.05, 4.69) is 0 Å². The van der Waals surface area contributed by atoms with E-state index in [4.69, 9.17) is 9.47 Å². The van der Waals surface area contributed by atoms with Crippen LogP contribution in [-0.2, 0) is 20.7 Å². The molecular formula is C12H14O5. The Kier molecular flexibility index (Phi) is 4.51. The first kappa shape index (κ1) is 13.0. The van der Waals surface area contributed by atoms with E-state index in [1.165, 1.54) is 19.9 Å². The summed E-state index contributed by atoms with van der Waals surface area (Å²) < 4.78 is 9.60. The Morgan fingerprint density at radius 2 is 1.94 bits per heavy atom. The summed E-state index contributed by atoms with van der Waals surface area (Å²) in [5.74, 6) is -0.837. The fourth-order valence-electron chi connectivity index (χ4n) is 1.26. The van der Waals surface area contributed by atoms with Crippen LogP contribution in [0.15, 0.2) is 18.2 Å². The van der Waals surface area contributed by atoms with Gasteiger partial charge in [0.1, 0.15) is 0 Å². The predicted octanol–water partition coefficient (Wildman–Crippen LogP) is 1.42. The lowest BCUT2D eigenvalue weighted by Crippen LogP contribution is -2.05. The van der Waals surface area contributed by atoms with Gasteiger partial charge >= 0.3 is 11.9 Å². The lowest BCUT2D eigenvalue weighted by atomic mass is 10.1. The number of aromatic hydroxyl groups is 1. The predicted molar refractivity (Wildman–Crippen MR) is 59.8 cm³/mol.